The molecule has 0 aromatic heterocycles. The molecular weight excluding hydrogens is 320 g/mol. The van der Waals surface area contributed by atoms with Gasteiger partial charge in [0, 0.05) is 25.7 Å². The Morgan fingerprint density at radius 1 is 1.20 bits per heavy atom. The van der Waals surface area contributed by atoms with E-state index >= 15 is 0 Å². The van der Waals surface area contributed by atoms with E-state index in [0.29, 0.717) is 24.6 Å². The van der Waals surface area contributed by atoms with Gasteiger partial charge >= 0.3 is 0 Å². The van der Waals surface area contributed by atoms with E-state index < -0.39 is 0 Å². The second kappa shape index (κ2) is 6.69. The van der Waals surface area contributed by atoms with Crippen molar-refractivity contribution in [3.8, 4) is 11.5 Å². The largest absolute Gasteiger partial charge is 0.493 e. The zero-order valence-corrected chi connectivity index (χ0v) is 15.3. The summed E-state index contributed by atoms with van der Waals surface area (Å²) in [5.74, 6) is 1.31. The number of hydrogen-bond acceptors (Lipinski definition) is 5. The van der Waals surface area contributed by atoms with Crippen molar-refractivity contribution in [1.29, 1.82) is 0 Å². The van der Waals surface area contributed by atoms with Crippen LogP contribution in [0.2, 0.25) is 0 Å². The number of methoxy groups -OCH3 is 2. The minimum Gasteiger partial charge on any atom is -0.493 e. The van der Waals surface area contributed by atoms with Gasteiger partial charge in [-0.15, -0.1) is 0 Å². The fourth-order valence-corrected chi connectivity index (χ4v) is 3.49. The van der Waals surface area contributed by atoms with Crippen LogP contribution in [0.1, 0.15) is 19.4 Å². The first-order chi connectivity index (χ1) is 11.9. The summed E-state index contributed by atoms with van der Waals surface area (Å²) in [6.07, 6.45) is 3.42. The minimum atomic E-state index is -0.340. The van der Waals surface area contributed by atoms with Gasteiger partial charge < -0.3 is 24.4 Å². The van der Waals surface area contributed by atoms with Gasteiger partial charge in [-0.1, -0.05) is 6.07 Å². The molecule has 1 N–H and O–H groups in total. The average molecular weight is 346 g/mol. The number of benzene rings is 1. The van der Waals surface area contributed by atoms with E-state index in [4.69, 9.17) is 14.2 Å². The zero-order valence-electron chi connectivity index (χ0n) is 15.3. The van der Waals surface area contributed by atoms with Crippen LogP contribution < -0.4 is 14.8 Å². The summed E-state index contributed by atoms with van der Waals surface area (Å²) in [6.45, 7) is 6.86. The molecule has 0 atom stereocenters. The van der Waals surface area contributed by atoms with Crippen LogP contribution in [0.4, 0.5) is 0 Å². The predicted molar refractivity (Wildman–Crippen MR) is 95.9 cm³/mol. The van der Waals surface area contributed by atoms with Crippen LogP contribution in [0.5, 0.6) is 11.5 Å². The SMILES string of the molecule is COc1ccc(C=CC(=O)N2CC(C)(C)OC3(CNC3)C2)cc1OC. The van der Waals surface area contributed by atoms with Crippen molar-refractivity contribution in [2.75, 3.05) is 40.4 Å². The molecule has 0 unspecified atom stereocenters. The van der Waals surface area contributed by atoms with E-state index in [0.717, 1.165) is 18.7 Å². The highest BCUT2D eigenvalue weighted by atomic mass is 16.5. The number of ether oxygens (including phenoxy) is 3. The van der Waals surface area contributed by atoms with E-state index in [2.05, 4.69) is 5.32 Å². The summed E-state index contributed by atoms with van der Waals surface area (Å²) in [7, 11) is 3.20. The summed E-state index contributed by atoms with van der Waals surface area (Å²) in [6, 6.07) is 5.57. The summed E-state index contributed by atoms with van der Waals surface area (Å²) in [5, 5.41) is 3.24. The third-order valence-corrected chi connectivity index (χ3v) is 4.58. The van der Waals surface area contributed by atoms with Crippen molar-refractivity contribution in [3.05, 3.63) is 29.8 Å². The van der Waals surface area contributed by atoms with Gasteiger partial charge in [0.15, 0.2) is 11.5 Å². The monoisotopic (exact) mass is 346 g/mol. The Kier molecular flexibility index (Phi) is 4.75. The number of amides is 1. The number of nitrogens with one attached hydrogen (secondary N) is 1. The van der Waals surface area contributed by atoms with Gasteiger partial charge in [0.1, 0.15) is 5.60 Å². The van der Waals surface area contributed by atoms with E-state index in [1.54, 1.807) is 26.4 Å². The quantitative estimate of drug-likeness (QED) is 0.841. The van der Waals surface area contributed by atoms with E-state index in [9.17, 15) is 4.79 Å². The topological polar surface area (TPSA) is 60.0 Å². The van der Waals surface area contributed by atoms with Gasteiger partial charge in [-0.05, 0) is 37.6 Å². The Hall–Kier alpha value is -2.05. The molecule has 136 valence electrons. The predicted octanol–water partition coefficient (Wildman–Crippen LogP) is 1.70. The highest BCUT2D eigenvalue weighted by Gasteiger charge is 2.49. The van der Waals surface area contributed by atoms with Gasteiger partial charge in [-0.2, -0.15) is 0 Å². The molecular formula is C19H26N2O4. The van der Waals surface area contributed by atoms with Gasteiger partial charge in [-0.3, -0.25) is 4.79 Å². The third kappa shape index (κ3) is 3.80. The Labute approximate surface area is 148 Å². The maximum Gasteiger partial charge on any atom is 0.246 e. The number of nitrogens with zero attached hydrogens (tertiary/aromatic N) is 1. The molecule has 6 nitrogen and oxygen atoms in total. The maximum atomic E-state index is 12.7. The molecule has 1 amide bonds. The highest BCUT2D eigenvalue weighted by Crippen LogP contribution is 2.32. The fraction of sp³-hybridized carbons (Fsp3) is 0.526. The lowest BCUT2D eigenvalue weighted by molar-refractivity contribution is -0.214. The van der Waals surface area contributed by atoms with Crippen molar-refractivity contribution in [2.24, 2.45) is 0 Å². The second-order valence-electron chi connectivity index (χ2n) is 7.29. The molecule has 0 bridgehead atoms. The van der Waals surface area contributed by atoms with Crippen LogP contribution in [0, 0.1) is 0 Å². The van der Waals surface area contributed by atoms with Crippen molar-refractivity contribution in [2.45, 2.75) is 25.0 Å². The lowest BCUT2D eigenvalue weighted by Crippen LogP contribution is -2.73. The molecule has 0 aliphatic carbocycles. The first-order valence-electron chi connectivity index (χ1n) is 8.46. The standard InChI is InChI=1S/C19H26N2O4/c1-18(2)12-21(13-19(25-18)10-20-11-19)17(22)8-6-14-5-7-15(23-3)16(9-14)24-4/h5-9,20H,10-13H2,1-4H3. The summed E-state index contributed by atoms with van der Waals surface area (Å²) < 4.78 is 16.7. The molecule has 3 rings (SSSR count). The molecule has 1 aromatic carbocycles. The van der Waals surface area contributed by atoms with Crippen LogP contribution in [-0.2, 0) is 9.53 Å². The Morgan fingerprint density at radius 2 is 1.92 bits per heavy atom. The molecule has 1 aromatic rings. The molecule has 2 aliphatic rings. The fourth-order valence-electron chi connectivity index (χ4n) is 3.49. The molecule has 2 fully saturated rings. The van der Waals surface area contributed by atoms with E-state index in [-0.39, 0.29) is 17.1 Å². The lowest BCUT2D eigenvalue weighted by atomic mass is 9.90. The van der Waals surface area contributed by atoms with Gasteiger partial charge in [0.25, 0.3) is 0 Å². The number of morpholine rings is 1. The molecule has 2 heterocycles. The lowest BCUT2D eigenvalue weighted by Gasteiger charge is -2.54. The zero-order chi connectivity index (χ0) is 18.1. The third-order valence-electron chi connectivity index (χ3n) is 4.58. The Morgan fingerprint density at radius 3 is 2.52 bits per heavy atom. The average Bonchev–Trinajstić information content (AvgIpc) is 2.56. The number of carbonyl (C=O) groups excluding carboxylic acids is 1. The van der Waals surface area contributed by atoms with Crippen molar-refractivity contribution in [3.63, 3.8) is 0 Å². The molecule has 0 radical (unpaired) electrons. The normalized spacial score (nSPS) is 21.2. The van der Waals surface area contributed by atoms with Crippen LogP contribution in [0.15, 0.2) is 24.3 Å². The first kappa shape index (κ1) is 17.8. The van der Waals surface area contributed by atoms with Crippen LogP contribution >= 0.6 is 0 Å². The minimum absolute atomic E-state index is 0.00238. The highest BCUT2D eigenvalue weighted by molar-refractivity contribution is 5.92. The molecule has 1 spiro atoms. The van der Waals surface area contributed by atoms with Crippen LogP contribution in [0.25, 0.3) is 6.08 Å². The molecule has 2 aliphatic heterocycles. The van der Waals surface area contributed by atoms with Crippen LogP contribution in [0.3, 0.4) is 0 Å². The first-order valence-corrected chi connectivity index (χ1v) is 8.46. The van der Waals surface area contributed by atoms with Crippen LogP contribution in [-0.4, -0.2) is 62.4 Å². The van der Waals surface area contributed by atoms with Gasteiger partial charge in [-0.25, -0.2) is 0 Å². The molecule has 0 saturated carbocycles. The number of hydrogen-bond donors (Lipinski definition) is 1. The molecule has 2 saturated heterocycles. The Bertz CT molecular complexity index is 680. The van der Waals surface area contributed by atoms with Gasteiger partial charge in [0.05, 0.1) is 26.4 Å². The van der Waals surface area contributed by atoms with E-state index in [1.165, 1.54) is 0 Å². The maximum absolute atomic E-state index is 12.7. The number of carbonyl (C=O) groups is 1. The smallest absolute Gasteiger partial charge is 0.246 e. The van der Waals surface area contributed by atoms with Crippen molar-refractivity contribution >= 4 is 12.0 Å². The summed E-state index contributed by atoms with van der Waals surface area (Å²) in [5.41, 5.74) is 0.306. The molecule has 6 heteroatoms. The molecule has 25 heavy (non-hydrogen) atoms. The van der Waals surface area contributed by atoms with E-state index in [1.807, 2.05) is 36.9 Å². The Balaban J connectivity index is 1.72. The summed E-state index contributed by atoms with van der Waals surface area (Å²) in [4.78, 5) is 14.5. The van der Waals surface area contributed by atoms with Gasteiger partial charge in [0.2, 0.25) is 5.91 Å². The summed E-state index contributed by atoms with van der Waals surface area (Å²) >= 11 is 0. The van der Waals surface area contributed by atoms with Crippen molar-refractivity contribution < 1.29 is 19.0 Å². The second-order valence-corrected chi connectivity index (χ2v) is 7.29. The van der Waals surface area contributed by atoms with Crippen molar-refractivity contribution in [1.82, 2.24) is 10.2 Å². The number of rotatable bonds is 4.